The lowest BCUT2D eigenvalue weighted by atomic mass is 9.76. The van der Waals surface area contributed by atoms with E-state index in [1.807, 2.05) is 4.68 Å². The summed E-state index contributed by atoms with van der Waals surface area (Å²) >= 11 is 0. The third-order valence-corrected chi connectivity index (χ3v) is 4.26. The van der Waals surface area contributed by atoms with Crippen LogP contribution in [0.3, 0.4) is 0 Å². The van der Waals surface area contributed by atoms with Crippen molar-refractivity contribution in [3.63, 3.8) is 0 Å². The predicted octanol–water partition coefficient (Wildman–Crippen LogP) is 1.76. The van der Waals surface area contributed by atoms with Crippen LogP contribution in [-0.2, 0) is 6.42 Å². The van der Waals surface area contributed by atoms with Crippen molar-refractivity contribution in [3.8, 4) is 0 Å². The summed E-state index contributed by atoms with van der Waals surface area (Å²) in [4.78, 5) is 0. The largest absolute Gasteiger partial charge is 0.396 e. The van der Waals surface area contributed by atoms with E-state index in [9.17, 15) is 5.11 Å². The molecule has 2 N–H and O–H groups in total. The fourth-order valence-corrected chi connectivity index (χ4v) is 2.64. The maximum Gasteiger partial charge on any atom is 0.0631 e. The van der Waals surface area contributed by atoms with Crippen LogP contribution in [0.1, 0.15) is 44.8 Å². The van der Waals surface area contributed by atoms with E-state index in [1.165, 1.54) is 0 Å². The molecule has 18 heavy (non-hydrogen) atoms. The number of aliphatic hydroxyl groups excluding tert-OH is 1. The molecule has 1 unspecified atom stereocenters. The molecule has 1 aromatic rings. The Kier molecular flexibility index (Phi) is 4.40. The Morgan fingerprint density at radius 2 is 2.22 bits per heavy atom. The zero-order valence-corrected chi connectivity index (χ0v) is 11.5. The van der Waals surface area contributed by atoms with Gasteiger partial charge in [-0.05, 0) is 51.8 Å². The Bertz CT molecular complexity index is 369. The van der Waals surface area contributed by atoms with Crippen LogP contribution in [0.15, 0.2) is 12.3 Å². The second kappa shape index (κ2) is 5.85. The monoisotopic (exact) mass is 251 g/mol. The summed E-state index contributed by atoms with van der Waals surface area (Å²) in [7, 11) is 0. The maximum absolute atomic E-state index is 9.70. The Morgan fingerprint density at radius 1 is 1.50 bits per heavy atom. The molecule has 0 aliphatic carbocycles. The van der Waals surface area contributed by atoms with E-state index < -0.39 is 0 Å². The smallest absolute Gasteiger partial charge is 0.0631 e. The van der Waals surface area contributed by atoms with Gasteiger partial charge in [0.05, 0.1) is 5.69 Å². The molecule has 0 bridgehead atoms. The summed E-state index contributed by atoms with van der Waals surface area (Å²) in [6.07, 6.45) is 6.14. The van der Waals surface area contributed by atoms with Crippen molar-refractivity contribution in [2.24, 2.45) is 5.41 Å². The fraction of sp³-hybridized carbons (Fsp3) is 0.786. The van der Waals surface area contributed by atoms with Gasteiger partial charge in [-0.2, -0.15) is 5.10 Å². The van der Waals surface area contributed by atoms with Crippen molar-refractivity contribution in [1.82, 2.24) is 15.1 Å². The Hall–Kier alpha value is -0.870. The maximum atomic E-state index is 9.70. The lowest BCUT2D eigenvalue weighted by molar-refractivity contribution is 0.0881. The lowest BCUT2D eigenvalue weighted by Gasteiger charge is -2.35. The van der Waals surface area contributed by atoms with Gasteiger partial charge in [0.25, 0.3) is 0 Å². The van der Waals surface area contributed by atoms with Crippen LogP contribution < -0.4 is 5.32 Å². The molecule has 0 saturated carbocycles. The number of hydrogen-bond donors (Lipinski definition) is 2. The van der Waals surface area contributed by atoms with Crippen LogP contribution in [0.2, 0.25) is 0 Å². The third-order valence-electron chi connectivity index (χ3n) is 4.26. The summed E-state index contributed by atoms with van der Waals surface area (Å²) in [5.74, 6) is 0. The van der Waals surface area contributed by atoms with Gasteiger partial charge >= 0.3 is 0 Å². The van der Waals surface area contributed by atoms with E-state index in [1.54, 1.807) is 0 Å². The summed E-state index contributed by atoms with van der Waals surface area (Å²) in [5, 5.41) is 17.7. The number of aromatic nitrogens is 2. The van der Waals surface area contributed by atoms with E-state index in [4.69, 9.17) is 0 Å². The molecule has 1 saturated heterocycles. The van der Waals surface area contributed by atoms with Crippen molar-refractivity contribution in [2.75, 3.05) is 19.7 Å². The number of nitrogens with one attached hydrogen (secondary N) is 1. The normalized spacial score (nSPS) is 20.8. The van der Waals surface area contributed by atoms with Crippen molar-refractivity contribution >= 4 is 0 Å². The molecular weight excluding hydrogens is 226 g/mol. The van der Waals surface area contributed by atoms with Gasteiger partial charge in [-0.15, -0.1) is 0 Å². The molecule has 0 spiro atoms. The summed E-state index contributed by atoms with van der Waals surface area (Å²) < 4.78 is 2.04. The van der Waals surface area contributed by atoms with E-state index in [0.29, 0.717) is 6.04 Å². The fourth-order valence-electron chi connectivity index (χ4n) is 2.64. The summed E-state index contributed by atoms with van der Waals surface area (Å²) in [6, 6.07) is 2.56. The summed E-state index contributed by atoms with van der Waals surface area (Å²) in [5.41, 5.74) is 1.16. The molecule has 1 aliphatic rings. The zero-order chi connectivity index (χ0) is 13.0. The third kappa shape index (κ3) is 2.93. The van der Waals surface area contributed by atoms with Gasteiger partial charge in [0.1, 0.15) is 0 Å². The van der Waals surface area contributed by atoms with E-state index >= 15 is 0 Å². The first-order valence-electron chi connectivity index (χ1n) is 7.05. The van der Waals surface area contributed by atoms with Crippen molar-refractivity contribution in [2.45, 2.75) is 45.6 Å². The minimum absolute atomic E-state index is 0.0416. The van der Waals surface area contributed by atoms with Gasteiger partial charge in [-0.3, -0.25) is 4.68 Å². The molecule has 1 aliphatic heterocycles. The molecule has 1 aromatic heterocycles. The molecule has 2 rings (SSSR count). The second-order valence-corrected chi connectivity index (χ2v) is 5.63. The van der Waals surface area contributed by atoms with Gasteiger partial charge in [-0.1, -0.05) is 6.92 Å². The highest BCUT2D eigenvalue weighted by Crippen LogP contribution is 2.32. The molecule has 1 fully saturated rings. The number of piperidine rings is 1. The highest BCUT2D eigenvalue weighted by molar-refractivity contribution is 5.05. The number of rotatable bonds is 5. The first kappa shape index (κ1) is 13.6. The van der Waals surface area contributed by atoms with E-state index in [-0.39, 0.29) is 12.0 Å². The molecule has 0 aromatic carbocycles. The first-order valence-corrected chi connectivity index (χ1v) is 7.05. The Morgan fingerprint density at radius 3 is 2.83 bits per heavy atom. The Labute approximate surface area is 109 Å². The standard InChI is InChI=1S/C14H25N3O/c1-3-12(2)17-9-4-13(16-17)10-14(11-18)5-7-15-8-6-14/h4,9,12,15,18H,3,5-8,10-11H2,1-2H3. The summed E-state index contributed by atoms with van der Waals surface area (Å²) in [6.45, 7) is 6.64. The first-order chi connectivity index (χ1) is 8.69. The van der Waals surface area contributed by atoms with E-state index in [2.05, 4.69) is 36.5 Å². The van der Waals surface area contributed by atoms with Crippen LogP contribution >= 0.6 is 0 Å². The minimum Gasteiger partial charge on any atom is -0.396 e. The van der Waals surface area contributed by atoms with Crippen molar-refractivity contribution < 1.29 is 5.11 Å². The Balaban J connectivity index is 2.05. The van der Waals surface area contributed by atoms with Gasteiger partial charge in [0.2, 0.25) is 0 Å². The quantitative estimate of drug-likeness (QED) is 0.838. The van der Waals surface area contributed by atoms with Crippen molar-refractivity contribution in [1.29, 1.82) is 0 Å². The molecule has 1 atom stereocenters. The number of aliphatic hydroxyl groups is 1. The van der Waals surface area contributed by atoms with Crippen LogP contribution in [0.4, 0.5) is 0 Å². The van der Waals surface area contributed by atoms with Crippen LogP contribution in [0, 0.1) is 5.41 Å². The minimum atomic E-state index is 0.0416. The molecule has 4 heteroatoms. The van der Waals surface area contributed by atoms with Crippen LogP contribution in [-0.4, -0.2) is 34.6 Å². The highest BCUT2D eigenvalue weighted by atomic mass is 16.3. The van der Waals surface area contributed by atoms with Crippen molar-refractivity contribution in [3.05, 3.63) is 18.0 Å². The average Bonchev–Trinajstić information content (AvgIpc) is 2.87. The van der Waals surface area contributed by atoms with Gasteiger partial charge in [0.15, 0.2) is 0 Å². The van der Waals surface area contributed by atoms with Gasteiger partial charge in [0, 0.05) is 24.3 Å². The highest BCUT2D eigenvalue weighted by Gasteiger charge is 2.32. The molecular formula is C14H25N3O. The predicted molar refractivity (Wildman–Crippen MR) is 72.6 cm³/mol. The SMILES string of the molecule is CCC(C)n1ccc(CC2(CO)CCNCC2)n1. The van der Waals surface area contributed by atoms with Crippen LogP contribution in [0.5, 0.6) is 0 Å². The molecule has 4 nitrogen and oxygen atoms in total. The molecule has 0 radical (unpaired) electrons. The topological polar surface area (TPSA) is 50.1 Å². The molecule has 2 heterocycles. The van der Waals surface area contributed by atoms with Gasteiger partial charge in [-0.25, -0.2) is 0 Å². The van der Waals surface area contributed by atoms with E-state index in [0.717, 1.165) is 44.5 Å². The number of hydrogen-bond acceptors (Lipinski definition) is 3. The second-order valence-electron chi connectivity index (χ2n) is 5.63. The lowest BCUT2D eigenvalue weighted by Crippen LogP contribution is -2.40. The number of nitrogens with zero attached hydrogens (tertiary/aromatic N) is 2. The van der Waals surface area contributed by atoms with Gasteiger partial charge < -0.3 is 10.4 Å². The molecule has 102 valence electrons. The average molecular weight is 251 g/mol. The zero-order valence-electron chi connectivity index (χ0n) is 11.5. The van der Waals surface area contributed by atoms with Crippen LogP contribution in [0.25, 0.3) is 0 Å². The molecule has 0 amide bonds.